The number of rotatable bonds is 4. The SMILES string of the molecule is COc1ccc(C2(CCl)CCCCC2)c(OC)c1. The summed E-state index contributed by atoms with van der Waals surface area (Å²) in [5, 5.41) is 0. The van der Waals surface area contributed by atoms with Gasteiger partial charge >= 0.3 is 0 Å². The van der Waals surface area contributed by atoms with Gasteiger partial charge in [-0.2, -0.15) is 0 Å². The van der Waals surface area contributed by atoms with Crippen molar-refractivity contribution >= 4 is 11.6 Å². The highest BCUT2D eigenvalue weighted by atomic mass is 35.5. The maximum atomic E-state index is 6.29. The zero-order chi connectivity index (χ0) is 13.0. The summed E-state index contributed by atoms with van der Waals surface area (Å²) in [4.78, 5) is 0. The van der Waals surface area contributed by atoms with Crippen molar-refractivity contribution in [2.24, 2.45) is 0 Å². The summed E-state index contributed by atoms with van der Waals surface area (Å²) >= 11 is 6.29. The van der Waals surface area contributed by atoms with Crippen molar-refractivity contribution in [1.29, 1.82) is 0 Å². The van der Waals surface area contributed by atoms with Gasteiger partial charge in [-0.1, -0.05) is 25.3 Å². The number of hydrogen-bond acceptors (Lipinski definition) is 2. The first-order chi connectivity index (χ1) is 8.75. The molecule has 0 atom stereocenters. The van der Waals surface area contributed by atoms with E-state index >= 15 is 0 Å². The minimum Gasteiger partial charge on any atom is -0.497 e. The van der Waals surface area contributed by atoms with Gasteiger partial charge in [-0.15, -0.1) is 11.6 Å². The van der Waals surface area contributed by atoms with Crippen molar-refractivity contribution in [3.05, 3.63) is 23.8 Å². The normalized spacial score (nSPS) is 18.4. The van der Waals surface area contributed by atoms with E-state index in [4.69, 9.17) is 21.1 Å². The third-order valence-electron chi connectivity index (χ3n) is 4.05. The molecule has 0 aliphatic heterocycles. The van der Waals surface area contributed by atoms with Gasteiger partial charge in [0.15, 0.2) is 0 Å². The van der Waals surface area contributed by atoms with E-state index in [1.165, 1.54) is 24.8 Å². The molecule has 1 aliphatic rings. The average molecular weight is 269 g/mol. The maximum Gasteiger partial charge on any atom is 0.126 e. The summed E-state index contributed by atoms with van der Waals surface area (Å²) in [6.07, 6.45) is 6.12. The van der Waals surface area contributed by atoms with E-state index in [2.05, 4.69) is 6.07 Å². The maximum absolute atomic E-state index is 6.29. The van der Waals surface area contributed by atoms with E-state index < -0.39 is 0 Å². The standard InChI is InChI=1S/C15H21ClO2/c1-17-12-6-7-13(14(10-12)18-2)15(11-16)8-4-3-5-9-15/h6-7,10H,3-5,8-9,11H2,1-2H3. The molecule has 1 aromatic carbocycles. The molecule has 2 rings (SSSR count). The molecule has 100 valence electrons. The zero-order valence-corrected chi connectivity index (χ0v) is 11.9. The van der Waals surface area contributed by atoms with Gasteiger partial charge in [0.2, 0.25) is 0 Å². The molecular weight excluding hydrogens is 248 g/mol. The molecule has 0 saturated heterocycles. The average Bonchev–Trinajstić information content (AvgIpc) is 2.47. The lowest BCUT2D eigenvalue weighted by Gasteiger charge is -2.37. The number of hydrogen-bond donors (Lipinski definition) is 0. The molecule has 0 spiro atoms. The third-order valence-corrected chi connectivity index (χ3v) is 4.56. The van der Waals surface area contributed by atoms with Crippen LogP contribution in [-0.4, -0.2) is 20.1 Å². The Bertz CT molecular complexity index is 397. The molecule has 0 aromatic heterocycles. The minimum absolute atomic E-state index is 0.0808. The van der Waals surface area contributed by atoms with Gasteiger partial charge in [0, 0.05) is 22.9 Å². The topological polar surface area (TPSA) is 18.5 Å². The highest BCUT2D eigenvalue weighted by molar-refractivity contribution is 6.18. The van der Waals surface area contributed by atoms with Crippen molar-refractivity contribution in [1.82, 2.24) is 0 Å². The molecule has 1 aliphatic carbocycles. The van der Waals surface area contributed by atoms with E-state index in [0.29, 0.717) is 5.88 Å². The van der Waals surface area contributed by atoms with Gasteiger partial charge in [0.25, 0.3) is 0 Å². The Labute approximate surface area is 114 Å². The Hall–Kier alpha value is -0.890. The van der Waals surface area contributed by atoms with Crippen LogP contribution >= 0.6 is 11.6 Å². The fourth-order valence-corrected chi connectivity index (χ4v) is 3.35. The van der Waals surface area contributed by atoms with Crippen LogP contribution in [0.15, 0.2) is 18.2 Å². The number of benzene rings is 1. The Morgan fingerprint density at radius 2 is 1.83 bits per heavy atom. The van der Waals surface area contributed by atoms with E-state index in [-0.39, 0.29) is 5.41 Å². The van der Waals surface area contributed by atoms with E-state index in [0.717, 1.165) is 24.3 Å². The number of alkyl halides is 1. The molecule has 0 bridgehead atoms. The predicted octanol–water partition coefficient (Wildman–Crippen LogP) is 4.14. The second-order valence-corrected chi connectivity index (χ2v) is 5.31. The Balaban J connectivity index is 2.40. The van der Waals surface area contributed by atoms with Crippen LogP contribution in [0.4, 0.5) is 0 Å². The molecule has 0 amide bonds. The molecule has 1 aromatic rings. The second-order valence-electron chi connectivity index (χ2n) is 5.04. The van der Waals surface area contributed by atoms with Crippen LogP contribution in [0.1, 0.15) is 37.7 Å². The lowest BCUT2D eigenvalue weighted by molar-refractivity contribution is 0.306. The van der Waals surface area contributed by atoms with Crippen LogP contribution in [-0.2, 0) is 5.41 Å². The van der Waals surface area contributed by atoms with Gasteiger partial charge in [0.1, 0.15) is 11.5 Å². The van der Waals surface area contributed by atoms with Gasteiger partial charge < -0.3 is 9.47 Å². The van der Waals surface area contributed by atoms with Crippen LogP contribution in [0.3, 0.4) is 0 Å². The van der Waals surface area contributed by atoms with Crippen molar-refractivity contribution < 1.29 is 9.47 Å². The highest BCUT2D eigenvalue weighted by Crippen LogP contribution is 2.44. The lowest BCUT2D eigenvalue weighted by atomic mass is 9.70. The summed E-state index contributed by atoms with van der Waals surface area (Å²) in [7, 11) is 3.38. The lowest BCUT2D eigenvalue weighted by Crippen LogP contribution is -2.31. The van der Waals surface area contributed by atoms with Gasteiger partial charge in [-0.25, -0.2) is 0 Å². The monoisotopic (exact) mass is 268 g/mol. The molecule has 0 N–H and O–H groups in total. The molecule has 1 saturated carbocycles. The predicted molar refractivity (Wildman–Crippen MR) is 75.0 cm³/mol. The smallest absolute Gasteiger partial charge is 0.126 e. The minimum atomic E-state index is 0.0808. The Morgan fingerprint density at radius 1 is 1.11 bits per heavy atom. The third kappa shape index (κ3) is 2.44. The Kier molecular flexibility index (Phi) is 4.39. The Morgan fingerprint density at radius 3 is 2.39 bits per heavy atom. The summed E-state index contributed by atoms with van der Waals surface area (Å²) in [6.45, 7) is 0. The second kappa shape index (κ2) is 5.83. The van der Waals surface area contributed by atoms with Crippen LogP contribution < -0.4 is 9.47 Å². The first-order valence-electron chi connectivity index (χ1n) is 6.54. The summed E-state index contributed by atoms with van der Waals surface area (Å²) in [5.74, 6) is 2.39. The molecule has 18 heavy (non-hydrogen) atoms. The molecule has 3 heteroatoms. The largest absolute Gasteiger partial charge is 0.497 e. The fraction of sp³-hybridized carbons (Fsp3) is 0.600. The molecule has 2 nitrogen and oxygen atoms in total. The summed E-state index contributed by atoms with van der Waals surface area (Å²) in [5.41, 5.74) is 1.32. The first kappa shape index (κ1) is 13.5. The van der Waals surface area contributed by atoms with Gasteiger partial charge in [-0.05, 0) is 18.9 Å². The van der Waals surface area contributed by atoms with Crippen molar-refractivity contribution in [3.8, 4) is 11.5 Å². The van der Waals surface area contributed by atoms with Crippen LogP contribution in [0.5, 0.6) is 11.5 Å². The highest BCUT2D eigenvalue weighted by Gasteiger charge is 2.35. The number of halogens is 1. The van der Waals surface area contributed by atoms with Gasteiger partial charge in [0.05, 0.1) is 14.2 Å². The molecule has 0 radical (unpaired) electrons. The van der Waals surface area contributed by atoms with Crippen LogP contribution in [0.2, 0.25) is 0 Å². The first-order valence-corrected chi connectivity index (χ1v) is 7.08. The van der Waals surface area contributed by atoms with Gasteiger partial charge in [-0.3, -0.25) is 0 Å². The summed E-state index contributed by atoms with van der Waals surface area (Å²) < 4.78 is 10.8. The number of ether oxygens (including phenoxy) is 2. The van der Waals surface area contributed by atoms with E-state index in [1.54, 1.807) is 14.2 Å². The molecule has 1 fully saturated rings. The van der Waals surface area contributed by atoms with E-state index in [1.807, 2.05) is 12.1 Å². The van der Waals surface area contributed by atoms with Crippen LogP contribution in [0.25, 0.3) is 0 Å². The van der Waals surface area contributed by atoms with Crippen molar-refractivity contribution in [2.75, 3.05) is 20.1 Å². The number of methoxy groups -OCH3 is 2. The molecule has 0 unspecified atom stereocenters. The van der Waals surface area contributed by atoms with Crippen molar-refractivity contribution in [3.63, 3.8) is 0 Å². The molecular formula is C15H21ClO2. The van der Waals surface area contributed by atoms with Crippen LogP contribution in [0, 0.1) is 0 Å². The van der Waals surface area contributed by atoms with E-state index in [9.17, 15) is 0 Å². The molecule has 0 heterocycles. The zero-order valence-electron chi connectivity index (χ0n) is 11.2. The summed E-state index contributed by atoms with van der Waals surface area (Å²) in [6, 6.07) is 6.07. The quantitative estimate of drug-likeness (QED) is 0.764. The van der Waals surface area contributed by atoms with Crippen molar-refractivity contribution in [2.45, 2.75) is 37.5 Å². The fourth-order valence-electron chi connectivity index (χ4n) is 2.94.